The Bertz CT molecular complexity index is 823. The van der Waals surface area contributed by atoms with Crippen LogP contribution in [-0.4, -0.2) is 23.7 Å². The van der Waals surface area contributed by atoms with Gasteiger partial charge in [-0.3, -0.25) is 4.79 Å². The molecule has 0 spiro atoms. The molecule has 1 aromatic heterocycles. The van der Waals surface area contributed by atoms with E-state index in [1.54, 1.807) is 0 Å². The fourth-order valence-electron chi connectivity index (χ4n) is 3.50. The maximum Gasteiger partial charge on any atom is 0.416 e. The lowest BCUT2D eigenvalue weighted by Gasteiger charge is -2.12. The van der Waals surface area contributed by atoms with Gasteiger partial charge in [-0.15, -0.1) is 0 Å². The van der Waals surface area contributed by atoms with Crippen molar-refractivity contribution in [1.82, 2.24) is 15.8 Å². The van der Waals surface area contributed by atoms with E-state index < -0.39 is 11.7 Å². The first-order valence-corrected chi connectivity index (χ1v) is 9.93. The summed E-state index contributed by atoms with van der Waals surface area (Å²) in [6.07, 6.45) is -0.354. The average molecular weight is 409 g/mol. The molecule has 1 aromatic carbocycles. The smallest absolute Gasteiger partial charge is 0.355 e. The Kier molecular flexibility index (Phi) is 6.62. The summed E-state index contributed by atoms with van der Waals surface area (Å²) < 4.78 is 44.0. The van der Waals surface area contributed by atoms with Crippen molar-refractivity contribution in [2.24, 2.45) is 5.92 Å². The van der Waals surface area contributed by atoms with Gasteiger partial charge in [-0.2, -0.15) is 13.2 Å². The molecule has 0 bridgehead atoms. The minimum absolute atomic E-state index is 0.130. The largest absolute Gasteiger partial charge is 0.416 e. The number of carbonyl (C=O) groups excluding carboxylic acids is 1. The van der Waals surface area contributed by atoms with Gasteiger partial charge in [0.1, 0.15) is 0 Å². The molecular formula is C21H26F3N3O2. The third kappa shape index (κ3) is 5.38. The molecule has 0 radical (unpaired) electrons. The molecule has 1 fully saturated rings. The van der Waals surface area contributed by atoms with Crippen molar-refractivity contribution in [2.75, 3.05) is 6.54 Å². The van der Waals surface area contributed by atoms with Crippen molar-refractivity contribution in [1.29, 1.82) is 0 Å². The molecule has 2 aromatic rings. The summed E-state index contributed by atoms with van der Waals surface area (Å²) in [5.41, 5.74) is 0.454. The molecule has 158 valence electrons. The van der Waals surface area contributed by atoms with Gasteiger partial charge in [-0.25, -0.2) is 0 Å². The number of amides is 1. The molecule has 8 heteroatoms. The normalized spacial score (nSPS) is 15.2. The third-order valence-corrected chi connectivity index (χ3v) is 5.02. The van der Waals surface area contributed by atoms with E-state index in [1.807, 2.05) is 0 Å². The van der Waals surface area contributed by atoms with E-state index in [0.717, 1.165) is 44.4 Å². The van der Waals surface area contributed by atoms with Gasteiger partial charge >= 0.3 is 6.18 Å². The zero-order valence-corrected chi connectivity index (χ0v) is 16.6. The predicted octanol–water partition coefficient (Wildman–Crippen LogP) is 4.78. The summed E-state index contributed by atoms with van der Waals surface area (Å²) in [5.74, 6) is 0.409. The van der Waals surface area contributed by atoms with Gasteiger partial charge in [0.2, 0.25) is 0 Å². The molecule has 0 saturated heterocycles. The fraction of sp³-hybridized carbons (Fsp3) is 0.524. The highest BCUT2D eigenvalue weighted by Gasteiger charge is 2.31. The Labute approximate surface area is 168 Å². The number of nitrogens with one attached hydrogen (secondary N) is 2. The van der Waals surface area contributed by atoms with E-state index in [-0.39, 0.29) is 17.6 Å². The number of hydrogen-bond donors (Lipinski definition) is 2. The molecule has 1 aliphatic carbocycles. The number of benzene rings is 1. The molecule has 5 nitrogen and oxygen atoms in total. The Balaban J connectivity index is 1.87. The first-order chi connectivity index (χ1) is 13.8. The van der Waals surface area contributed by atoms with Gasteiger partial charge in [-0.05, 0) is 37.4 Å². The van der Waals surface area contributed by atoms with E-state index in [0.29, 0.717) is 29.3 Å². The Morgan fingerprint density at radius 2 is 1.86 bits per heavy atom. The standard InChI is InChI=1S/C21H26F3N3O2/c1-13(2)11-25-12-17-18(20(28)26-16-5-3-4-6-16)27-29-19(17)14-7-9-15(10-8-14)21(22,23)24/h7-10,13,16,25H,3-6,11-12H2,1-2H3,(H,26,28). The van der Waals surface area contributed by atoms with Crippen LogP contribution in [0, 0.1) is 5.92 Å². The van der Waals surface area contributed by atoms with Crippen molar-refractivity contribution in [3.63, 3.8) is 0 Å². The van der Waals surface area contributed by atoms with Crippen LogP contribution in [0.4, 0.5) is 13.2 Å². The molecule has 0 unspecified atom stereocenters. The van der Waals surface area contributed by atoms with Crippen molar-refractivity contribution in [2.45, 2.75) is 58.3 Å². The minimum atomic E-state index is -4.41. The number of hydrogen-bond acceptors (Lipinski definition) is 4. The lowest BCUT2D eigenvalue weighted by molar-refractivity contribution is -0.137. The molecule has 1 aliphatic rings. The summed E-state index contributed by atoms with van der Waals surface area (Å²) >= 11 is 0. The first kappa shape index (κ1) is 21.4. The topological polar surface area (TPSA) is 67.2 Å². The maximum atomic E-state index is 12.8. The average Bonchev–Trinajstić information content (AvgIpc) is 3.30. The van der Waals surface area contributed by atoms with Gasteiger partial charge in [0.15, 0.2) is 11.5 Å². The van der Waals surface area contributed by atoms with Crippen LogP contribution in [0.2, 0.25) is 0 Å². The molecule has 1 amide bonds. The monoisotopic (exact) mass is 409 g/mol. The van der Waals surface area contributed by atoms with Gasteiger partial charge < -0.3 is 15.2 Å². The van der Waals surface area contributed by atoms with Crippen LogP contribution >= 0.6 is 0 Å². The van der Waals surface area contributed by atoms with Crippen LogP contribution in [-0.2, 0) is 12.7 Å². The van der Waals surface area contributed by atoms with E-state index in [1.165, 1.54) is 12.1 Å². The predicted molar refractivity (Wildman–Crippen MR) is 103 cm³/mol. The van der Waals surface area contributed by atoms with Crippen LogP contribution < -0.4 is 10.6 Å². The maximum absolute atomic E-state index is 12.8. The molecule has 1 saturated carbocycles. The summed E-state index contributed by atoms with van der Waals surface area (Å²) in [6, 6.07) is 4.82. The van der Waals surface area contributed by atoms with E-state index in [2.05, 4.69) is 29.6 Å². The van der Waals surface area contributed by atoms with E-state index in [4.69, 9.17) is 4.52 Å². The number of alkyl halides is 3. The minimum Gasteiger partial charge on any atom is -0.355 e. The zero-order chi connectivity index (χ0) is 21.0. The third-order valence-electron chi connectivity index (χ3n) is 5.02. The lowest BCUT2D eigenvalue weighted by atomic mass is 10.0. The summed E-state index contributed by atoms with van der Waals surface area (Å²) in [7, 11) is 0. The second-order valence-electron chi connectivity index (χ2n) is 7.89. The van der Waals surface area contributed by atoms with Crippen molar-refractivity contribution in [3.05, 3.63) is 41.1 Å². The highest BCUT2D eigenvalue weighted by molar-refractivity contribution is 5.95. The van der Waals surface area contributed by atoms with Crippen LogP contribution in [0.5, 0.6) is 0 Å². The van der Waals surface area contributed by atoms with E-state index in [9.17, 15) is 18.0 Å². The first-order valence-electron chi connectivity index (χ1n) is 9.93. The number of carbonyl (C=O) groups is 1. The molecule has 0 atom stereocenters. The number of nitrogens with zero attached hydrogens (tertiary/aromatic N) is 1. The Morgan fingerprint density at radius 3 is 2.45 bits per heavy atom. The van der Waals surface area contributed by atoms with Gasteiger partial charge in [-0.1, -0.05) is 44.0 Å². The van der Waals surface area contributed by atoms with Gasteiger partial charge in [0.25, 0.3) is 5.91 Å². The number of aromatic nitrogens is 1. The second kappa shape index (κ2) is 8.98. The molecule has 29 heavy (non-hydrogen) atoms. The van der Waals surface area contributed by atoms with Crippen LogP contribution in [0.25, 0.3) is 11.3 Å². The van der Waals surface area contributed by atoms with Crippen LogP contribution in [0.1, 0.15) is 61.1 Å². The van der Waals surface area contributed by atoms with Crippen molar-refractivity contribution < 1.29 is 22.5 Å². The van der Waals surface area contributed by atoms with Crippen LogP contribution in [0.3, 0.4) is 0 Å². The second-order valence-corrected chi connectivity index (χ2v) is 7.89. The molecule has 3 rings (SSSR count). The Morgan fingerprint density at radius 1 is 1.21 bits per heavy atom. The quantitative estimate of drug-likeness (QED) is 0.691. The van der Waals surface area contributed by atoms with Gasteiger partial charge in [0, 0.05) is 23.7 Å². The molecule has 1 heterocycles. The molecule has 2 N–H and O–H groups in total. The summed E-state index contributed by atoms with van der Waals surface area (Å²) in [4.78, 5) is 12.7. The number of rotatable bonds is 7. The fourth-order valence-corrected chi connectivity index (χ4v) is 3.50. The van der Waals surface area contributed by atoms with Crippen LogP contribution in [0.15, 0.2) is 28.8 Å². The Hall–Kier alpha value is -2.35. The van der Waals surface area contributed by atoms with Gasteiger partial charge in [0.05, 0.1) is 5.56 Å². The summed E-state index contributed by atoms with van der Waals surface area (Å²) in [5, 5.41) is 10.2. The highest BCUT2D eigenvalue weighted by Crippen LogP contribution is 2.32. The molecule has 0 aliphatic heterocycles. The van der Waals surface area contributed by atoms with Crippen molar-refractivity contribution >= 4 is 5.91 Å². The lowest BCUT2D eigenvalue weighted by Crippen LogP contribution is -2.33. The highest BCUT2D eigenvalue weighted by atomic mass is 19.4. The zero-order valence-electron chi connectivity index (χ0n) is 16.6. The molecular weight excluding hydrogens is 383 g/mol. The van der Waals surface area contributed by atoms with Crippen molar-refractivity contribution in [3.8, 4) is 11.3 Å². The van der Waals surface area contributed by atoms with E-state index >= 15 is 0 Å². The summed E-state index contributed by atoms with van der Waals surface area (Å²) in [6.45, 7) is 5.18. The number of halogens is 3. The SMILES string of the molecule is CC(C)CNCc1c(C(=O)NC2CCCC2)noc1-c1ccc(C(F)(F)F)cc1.